The van der Waals surface area contributed by atoms with Crippen molar-refractivity contribution in [2.45, 2.75) is 51.5 Å². The Hall–Kier alpha value is -1.22. The fourth-order valence-corrected chi connectivity index (χ4v) is 3.82. The van der Waals surface area contributed by atoms with E-state index in [2.05, 4.69) is 46.8 Å². The summed E-state index contributed by atoms with van der Waals surface area (Å²) in [6, 6.07) is 6.96. The molecule has 0 unspecified atom stereocenters. The van der Waals surface area contributed by atoms with E-state index in [0.29, 0.717) is 12.5 Å². The summed E-state index contributed by atoms with van der Waals surface area (Å²) in [5.41, 5.74) is 2.23. The molecule has 0 radical (unpaired) electrons. The standard InChI is InChI=1S/C20H27FN4S.HI/c1-4-22-19(23-11-18-25-17(12-26-18)14(2)3)24-13-20(8-9-20)15-6-5-7-16(21)10-15;/h5-7,10,12,14H,4,8-9,11,13H2,1-3H3,(H2,22,23,24);1H. The summed E-state index contributed by atoms with van der Waals surface area (Å²) in [5, 5.41) is 9.86. The summed E-state index contributed by atoms with van der Waals surface area (Å²) in [7, 11) is 0. The van der Waals surface area contributed by atoms with E-state index < -0.39 is 0 Å². The van der Waals surface area contributed by atoms with Gasteiger partial charge in [0.25, 0.3) is 0 Å². The van der Waals surface area contributed by atoms with Crippen molar-refractivity contribution < 1.29 is 4.39 Å². The van der Waals surface area contributed by atoms with Crippen molar-refractivity contribution in [1.29, 1.82) is 0 Å². The molecule has 0 atom stereocenters. The van der Waals surface area contributed by atoms with Gasteiger partial charge in [0.15, 0.2) is 5.96 Å². The number of benzene rings is 1. The molecule has 1 aliphatic rings. The lowest BCUT2D eigenvalue weighted by atomic mass is 9.96. The van der Waals surface area contributed by atoms with Crippen LogP contribution >= 0.6 is 35.3 Å². The highest BCUT2D eigenvalue weighted by molar-refractivity contribution is 14.0. The van der Waals surface area contributed by atoms with Gasteiger partial charge in [0.1, 0.15) is 10.8 Å². The van der Waals surface area contributed by atoms with Gasteiger partial charge in [0.05, 0.1) is 12.2 Å². The highest BCUT2D eigenvalue weighted by atomic mass is 127. The average Bonchev–Trinajstić information content (AvgIpc) is 3.26. The molecule has 0 bridgehead atoms. The normalized spacial score (nSPS) is 15.4. The van der Waals surface area contributed by atoms with Gasteiger partial charge < -0.3 is 10.6 Å². The summed E-state index contributed by atoms with van der Waals surface area (Å²) in [4.78, 5) is 9.30. The van der Waals surface area contributed by atoms with Gasteiger partial charge in [-0.1, -0.05) is 26.0 Å². The molecule has 4 nitrogen and oxygen atoms in total. The summed E-state index contributed by atoms with van der Waals surface area (Å²) in [6.07, 6.45) is 2.15. The number of nitrogens with one attached hydrogen (secondary N) is 2. The molecule has 27 heavy (non-hydrogen) atoms. The minimum absolute atomic E-state index is 0. The van der Waals surface area contributed by atoms with E-state index >= 15 is 0 Å². The van der Waals surface area contributed by atoms with Crippen LogP contribution in [0.5, 0.6) is 0 Å². The number of aliphatic imine (C=N–C) groups is 1. The van der Waals surface area contributed by atoms with Crippen molar-refractivity contribution in [3.8, 4) is 0 Å². The molecule has 148 valence electrons. The first-order valence-corrected chi connectivity index (χ1v) is 10.1. The fraction of sp³-hybridized carbons (Fsp3) is 0.500. The zero-order chi connectivity index (χ0) is 18.6. The molecule has 2 N–H and O–H groups in total. The van der Waals surface area contributed by atoms with E-state index in [0.717, 1.165) is 48.2 Å². The van der Waals surface area contributed by atoms with Crippen LogP contribution in [0.25, 0.3) is 0 Å². The predicted molar refractivity (Wildman–Crippen MR) is 122 cm³/mol. The highest BCUT2D eigenvalue weighted by Crippen LogP contribution is 2.47. The number of hydrogen-bond donors (Lipinski definition) is 2. The zero-order valence-electron chi connectivity index (χ0n) is 16.1. The Bertz CT molecular complexity index is 771. The van der Waals surface area contributed by atoms with E-state index in [1.807, 2.05) is 6.07 Å². The molecular weight excluding hydrogens is 474 g/mol. The van der Waals surface area contributed by atoms with Crippen LogP contribution in [-0.2, 0) is 12.0 Å². The molecule has 1 aliphatic carbocycles. The quantitative estimate of drug-likeness (QED) is 0.325. The number of nitrogens with zero attached hydrogens (tertiary/aromatic N) is 2. The molecule has 0 amide bonds. The molecule has 0 saturated heterocycles. The maximum atomic E-state index is 13.5. The zero-order valence-corrected chi connectivity index (χ0v) is 19.2. The number of aromatic nitrogens is 1. The van der Waals surface area contributed by atoms with Crippen molar-refractivity contribution in [2.75, 3.05) is 13.1 Å². The maximum absolute atomic E-state index is 13.5. The third-order valence-electron chi connectivity index (χ3n) is 4.76. The van der Waals surface area contributed by atoms with Crippen molar-refractivity contribution in [1.82, 2.24) is 15.6 Å². The smallest absolute Gasteiger partial charge is 0.191 e. The van der Waals surface area contributed by atoms with Crippen LogP contribution in [0, 0.1) is 5.82 Å². The Balaban J connectivity index is 0.00000261. The predicted octanol–water partition coefficient (Wildman–Crippen LogP) is 4.81. The van der Waals surface area contributed by atoms with Gasteiger partial charge in [-0.25, -0.2) is 14.4 Å². The van der Waals surface area contributed by atoms with Crippen molar-refractivity contribution in [3.05, 3.63) is 51.7 Å². The topological polar surface area (TPSA) is 49.3 Å². The second-order valence-corrected chi connectivity index (χ2v) is 8.10. The van der Waals surface area contributed by atoms with Gasteiger partial charge in [0.2, 0.25) is 0 Å². The molecule has 1 aromatic carbocycles. The Morgan fingerprint density at radius 1 is 1.33 bits per heavy atom. The van der Waals surface area contributed by atoms with Crippen LogP contribution in [0.3, 0.4) is 0 Å². The van der Waals surface area contributed by atoms with Crippen LogP contribution in [0.2, 0.25) is 0 Å². The SMILES string of the molecule is CCNC(=NCc1nc(C(C)C)cs1)NCC1(c2cccc(F)c2)CC1.I. The average molecular weight is 502 g/mol. The Morgan fingerprint density at radius 2 is 2.11 bits per heavy atom. The van der Waals surface area contributed by atoms with Gasteiger partial charge in [0, 0.05) is 23.9 Å². The number of guanidine groups is 1. The third-order valence-corrected chi connectivity index (χ3v) is 5.61. The molecule has 1 heterocycles. The maximum Gasteiger partial charge on any atom is 0.191 e. The van der Waals surface area contributed by atoms with E-state index in [1.165, 1.54) is 6.07 Å². The molecule has 3 rings (SSSR count). The molecule has 1 fully saturated rings. The van der Waals surface area contributed by atoms with Gasteiger partial charge in [-0.3, -0.25) is 0 Å². The number of thiazole rings is 1. The largest absolute Gasteiger partial charge is 0.357 e. The summed E-state index contributed by atoms with van der Waals surface area (Å²) < 4.78 is 13.5. The number of hydrogen-bond acceptors (Lipinski definition) is 3. The van der Waals surface area contributed by atoms with Crippen LogP contribution in [0.15, 0.2) is 34.6 Å². The second kappa shape index (κ2) is 9.82. The monoisotopic (exact) mass is 502 g/mol. The fourth-order valence-electron chi connectivity index (χ4n) is 2.94. The van der Waals surface area contributed by atoms with Crippen molar-refractivity contribution in [3.63, 3.8) is 0 Å². The van der Waals surface area contributed by atoms with Crippen LogP contribution < -0.4 is 10.6 Å². The third kappa shape index (κ3) is 5.88. The highest BCUT2D eigenvalue weighted by Gasteiger charge is 2.44. The van der Waals surface area contributed by atoms with E-state index in [-0.39, 0.29) is 35.2 Å². The Labute approximate surface area is 182 Å². The van der Waals surface area contributed by atoms with Crippen LogP contribution in [0.1, 0.15) is 55.8 Å². The molecule has 2 aromatic rings. The van der Waals surface area contributed by atoms with E-state index in [1.54, 1.807) is 23.5 Å². The number of rotatable bonds is 7. The number of halogens is 2. The lowest BCUT2D eigenvalue weighted by molar-refractivity contribution is 0.607. The molecule has 0 spiro atoms. The Kier molecular flexibility index (Phi) is 8.03. The van der Waals surface area contributed by atoms with E-state index in [4.69, 9.17) is 0 Å². The van der Waals surface area contributed by atoms with Crippen LogP contribution in [-0.4, -0.2) is 24.0 Å². The van der Waals surface area contributed by atoms with Crippen molar-refractivity contribution >= 4 is 41.3 Å². The molecule has 1 saturated carbocycles. The Morgan fingerprint density at radius 3 is 2.70 bits per heavy atom. The first kappa shape index (κ1) is 22.1. The lowest BCUT2D eigenvalue weighted by Gasteiger charge is -2.19. The molecular formula is C20H28FIN4S. The van der Waals surface area contributed by atoms with Gasteiger partial charge in [-0.15, -0.1) is 35.3 Å². The van der Waals surface area contributed by atoms with Gasteiger partial charge >= 0.3 is 0 Å². The second-order valence-electron chi connectivity index (χ2n) is 7.16. The van der Waals surface area contributed by atoms with Gasteiger partial charge in [-0.2, -0.15) is 0 Å². The molecule has 0 aliphatic heterocycles. The minimum atomic E-state index is -0.168. The minimum Gasteiger partial charge on any atom is -0.357 e. The summed E-state index contributed by atoms with van der Waals surface area (Å²) in [5.74, 6) is 1.06. The van der Waals surface area contributed by atoms with E-state index in [9.17, 15) is 4.39 Å². The van der Waals surface area contributed by atoms with Gasteiger partial charge in [-0.05, 0) is 43.4 Å². The first-order valence-electron chi connectivity index (χ1n) is 9.25. The summed E-state index contributed by atoms with van der Waals surface area (Å²) >= 11 is 1.66. The lowest BCUT2D eigenvalue weighted by Crippen LogP contribution is -2.41. The summed E-state index contributed by atoms with van der Waals surface area (Å²) in [6.45, 7) is 8.48. The van der Waals surface area contributed by atoms with Crippen LogP contribution in [0.4, 0.5) is 4.39 Å². The first-order chi connectivity index (χ1) is 12.5. The van der Waals surface area contributed by atoms with Crippen molar-refractivity contribution in [2.24, 2.45) is 4.99 Å². The molecule has 7 heteroatoms. The molecule has 1 aromatic heterocycles.